The summed E-state index contributed by atoms with van der Waals surface area (Å²) < 4.78 is 10.7. The van der Waals surface area contributed by atoms with Crippen LogP contribution >= 0.6 is 11.6 Å². The largest absolute Gasteiger partial charge is 0.497 e. The summed E-state index contributed by atoms with van der Waals surface area (Å²) >= 11 is 6.52. The Hall–Kier alpha value is -5.27. The van der Waals surface area contributed by atoms with Crippen molar-refractivity contribution in [2.45, 2.75) is 12.5 Å². The minimum Gasteiger partial charge on any atom is -0.497 e. The maximum absolute atomic E-state index is 14.5. The molecule has 2 N–H and O–H groups in total. The fourth-order valence-electron chi connectivity index (χ4n) is 6.28. The van der Waals surface area contributed by atoms with E-state index in [9.17, 15) is 9.59 Å². The molecule has 2 amide bonds. The number of aromatic amines is 1. The first kappa shape index (κ1) is 28.5. The Labute approximate surface area is 265 Å². The monoisotopic (exact) mass is 615 g/mol. The van der Waals surface area contributed by atoms with E-state index < -0.39 is 0 Å². The third-order valence-corrected chi connectivity index (χ3v) is 8.86. The van der Waals surface area contributed by atoms with E-state index >= 15 is 0 Å². The number of methoxy groups -OCH3 is 2. The molecule has 0 radical (unpaired) electrons. The lowest BCUT2D eigenvalue weighted by atomic mass is 9.89. The van der Waals surface area contributed by atoms with E-state index in [2.05, 4.69) is 40.6 Å². The molecule has 6 aromatic rings. The molecule has 0 fully saturated rings. The smallest absolute Gasteiger partial charge is 0.255 e. The molecule has 1 aliphatic heterocycles. The molecule has 2 heterocycles. The third kappa shape index (κ3) is 5.15. The van der Waals surface area contributed by atoms with Gasteiger partial charge in [-0.25, -0.2) is 0 Å². The van der Waals surface area contributed by atoms with E-state index in [1.807, 2.05) is 35.2 Å². The quantitative estimate of drug-likeness (QED) is 0.199. The van der Waals surface area contributed by atoms with Gasteiger partial charge in [0.05, 0.1) is 31.0 Å². The molecule has 0 bridgehead atoms. The van der Waals surface area contributed by atoms with Crippen LogP contribution in [0.2, 0.25) is 5.02 Å². The number of H-pyrrole nitrogens is 1. The number of nitrogens with one attached hydrogen (secondary N) is 2. The van der Waals surface area contributed by atoms with Crippen molar-refractivity contribution in [1.82, 2.24) is 9.88 Å². The third-order valence-electron chi connectivity index (χ3n) is 8.53. The number of hydrogen-bond acceptors (Lipinski definition) is 4. The highest BCUT2D eigenvalue weighted by Crippen LogP contribution is 2.42. The number of amides is 2. The Kier molecular flexibility index (Phi) is 7.39. The Morgan fingerprint density at radius 2 is 1.56 bits per heavy atom. The molecular weight excluding hydrogens is 586 g/mol. The van der Waals surface area contributed by atoms with Crippen molar-refractivity contribution >= 4 is 50.8 Å². The van der Waals surface area contributed by atoms with Crippen LogP contribution in [0.4, 0.5) is 5.69 Å². The molecule has 7 nitrogen and oxygen atoms in total. The Balaban J connectivity index is 1.29. The van der Waals surface area contributed by atoms with Crippen LogP contribution in [-0.4, -0.2) is 42.5 Å². The zero-order valence-electron chi connectivity index (χ0n) is 24.8. The summed E-state index contributed by atoms with van der Waals surface area (Å²) in [7, 11) is 3.24. The first-order valence-corrected chi connectivity index (χ1v) is 15.0. The maximum Gasteiger partial charge on any atom is 0.255 e. The second-order valence-corrected chi connectivity index (χ2v) is 11.4. The lowest BCUT2D eigenvalue weighted by molar-refractivity contribution is 0.0693. The molecule has 224 valence electrons. The molecule has 1 aromatic heterocycles. The van der Waals surface area contributed by atoms with Crippen molar-refractivity contribution in [2.75, 3.05) is 26.1 Å². The van der Waals surface area contributed by atoms with Gasteiger partial charge in [-0.3, -0.25) is 9.59 Å². The number of anilines is 1. The minimum atomic E-state index is -0.376. The van der Waals surface area contributed by atoms with Crippen LogP contribution in [-0.2, 0) is 6.42 Å². The molecule has 7 rings (SSSR count). The summed E-state index contributed by atoms with van der Waals surface area (Å²) in [6, 6.07) is 31.9. The van der Waals surface area contributed by atoms with Crippen LogP contribution in [0.15, 0.2) is 103 Å². The predicted octanol–water partition coefficient (Wildman–Crippen LogP) is 8.03. The number of rotatable bonds is 6. The predicted molar refractivity (Wildman–Crippen MR) is 178 cm³/mol. The molecule has 0 saturated carbocycles. The van der Waals surface area contributed by atoms with Gasteiger partial charge in [0.1, 0.15) is 11.5 Å². The van der Waals surface area contributed by atoms with Gasteiger partial charge in [-0.05, 0) is 89.0 Å². The van der Waals surface area contributed by atoms with Gasteiger partial charge in [0, 0.05) is 34.3 Å². The highest BCUT2D eigenvalue weighted by Gasteiger charge is 2.36. The van der Waals surface area contributed by atoms with E-state index in [-0.39, 0.29) is 17.9 Å². The van der Waals surface area contributed by atoms with E-state index in [1.54, 1.807) is 56.7 Å². The molecular formula is C37H30ClN3O4. The van der Waals surface area contributed by atoms with E-state index in [0.29, 0.717) is 40.6 Å². The van der Waals surface area contributed by atoms with Gasteiger partial charge in [-0.2, -0.15) is 0 Å². The van der Waals surface area contributed by atoms with Gasteiger partial charge in [-0.15, -0.1) is 0 Å². The molecule has 1 unspecified atom stereocenters. The number of benzene rings is 5. The van der Waals surface area contributed by atoms with Crippen LogP contribution in [0.25, 0.3) is 21.7 Å². The summed E-state index contributed by atoms with van der Waals surface area (Å²) in [5.41, 5.74) is 5.42. The molecule has 1 atom stereocenters. The zero-order valence-corrected chi connectivity index (χ0v) is 25.5. The van der Waals surface area contributed by atoms with Crippen LogP contribution in [0.1, 0.15) is 43.6 Å². The van der Waals surface area contributed by atoms with Crippen molar-refractivity contribution in [1.29, 1.82) is 0 Å². The number of hydrogen-bond donors (Lipinski definition) is 2. The Bertz CT molecular complexity index is 2080. The number of aromatic nitrogens is 1. The van der Waals surface area contributed by atoms with Crippen LogP contribution in [0.5, 0.6) is 11.5 Å². The van der Waals surface area contributed by atoms with Gasteiger partial charge in [0.15, 0.2) is 0 Å². The van der Waals surface area contributed by atoms with Crippen LogP contribution < -0.4 is 14.8 Å². The zero-order chi connectivity index (χ0) is 31.1. The van der Waals surface area contributed by atoms with Crippen molar-refractivity contribution in [3.8, 4) is 11.5 Å². The molecule has 45 heavy (non-hydrogen) atoms. The first-order chi connectivity index (χ1) is 21.9. The summed E-state index contributed by atoms with van der Waals surface area (Å²) in [6.07, 6.45) is 0.671. The Morgan fingerprint density at radius 3 is 2.36 bits per heavy atom. The van der Waals surface area contributed by atoms with E-state index in [0.717, 1.165) is 38.7 Å². The van der Waals surface area contributed by atoms with Crippen molar-refractivity contribution < 1.29 is 19.1 Å². The number of carbonyl (C=O) groups is 2. The highest BCUT2D eigenvalue weighted by atomic mass is 35.5. The molecule has 0 saturated heterocycles. The van der Waals surface area contributed by atoms with Crippen LogP contribution in [0, 0.1) is 0 Å². The summed E-state index contributed by atoms with van der Waals surface area (Å²) in [4.78, 5) is 33.1. The lowest BCUT2D eigenvalue weighted by Gasteiger charge is -2.37. The standard InChI is InChI=1S/C37H30ClN3O4/c1-44-25-13-10-23(11-14-25)36(42)40-33-20-24(12-16-31(33)38)37(43)41-19-18-28-30-21-26(45-2)15-17-32(30)39-34(28)35(41)29-9-5-7-22-6-3-4-8-27(22)29/h3-17,20-21,35,39H,18-19H2,1-2H3,(H,40,42). The minimum absolute atomic E-state index is 0.161. The van der Waals surface area contributed by atoms with Crippen molar-refractivity contribution in [2.24, 2.45) is 0 Å². The number of halogens is 1. The molecule has 0 spiro atoms. The van der Waals surface area contributed by atoms with Crippen LogP contribution in [0.3, 0.4) is 0 Å². The topological polar surface area (TPSA) is 83.7 Å². The lowest BCUT2D eigenvalue weighted by Crippen LogP contribution is -2.40. The molecule has 1 aliphatic rings. The van der Waals surface area contributed by atoms with Gasteiger partial charge in [0.25, 0.3) is 11.8 Å². The van der Waals surface area contributed by atoms with Crippen molar-refractivity contribution in [3.05, 3.63) is 136 Å². The SMILES string of the molecule is COc1ccc(C(=O)Nc2cc(C(=O)N3CCc4c([nH]c5ccc(OC)cc45)C3c3cccc4ccccc34)ccc2Cl)cc1. The number of nitrogens with zero attached hydrogens (tertiary/aromatic N) is 1. The van der Waals surface area contributed by atoms with E-state index in [4.69, 9.17) is 21.1 Å². The normalized spacial score (nSPS) is 14.3. The maximum atomic E-state index is 14.5. The van der Waals surface area contributed by atoms with Gasteiger partial charge in [-0.1, -0.05) is 54.1 Å². The summed E-state index contributed by atoms with van der Waals surface area (Å²) in [6.45, 7) is 0.500. The summed E-state index contributed by atoms with van der Waals surface area (Å²) in [5, 5.41) is 6.48. The number of carbonyl (C=O) groups excluding carboxylic acids is 2. The average molecular weight is 616 g/mol. The molecule has 5 aromatic carbocycles. The van der Waals surface area contributed by atoms with Gasteiger partial charge < -0.3 is 24.7 Å². The van der Waals surface area contributed by atoms with Gasteiger partial charge in [0.2, 0.25) is 0 Å². The molecule has 8 heteroatoms. The van der Waals surface area contributed by atoms with Gasteiger partial charge >= 0.3 is 0 Å². The van der Waals surface area contributed by atoms with E-state index in [1.165, 1.54) is 5.56 Å². The number of ether oxygens (including phenoxy) is 2. The van der Waals surface area contributed by atoms with Crippen molar-refractivity contribution in [3.63, 3.8) is 0 Å². The molecule has 0 aliphatic carbocycles. The number of fused-ring (bicyclic) bond motifs is 4. The fourth-order valence-corrected chi connectivity index (χ4v) is 6.45. The highest BCUT2D eigenvalue weighted by molar-refractivity contribution is 6.34. The Morgan fingerprint density at radius 1 is 0.822 bits per heavy atom. The fraction of sp³-hybridized carbons (Fsp3) is 0.135. The first-order valence-electron chi connectivity index (χ1n) is 14.7. The second kappa shape index (κ2) is 11.7. The summed E-state index contributed by atoms with van der Waals surface area (Å²) in [5.74, 6) is 0.937. The second-order valence-electron chi connectivity index (χ2n) is 11.0. The average Bonchev–Trinajstić information content (AvgIpc) is 3.46.